The summed E-state index contributed by atoms with van der Waals surface area (Å²) in [6.45, 7) is 0. The smallest absolute Gasteiger partial charge is 0.195 e. The summed E-state index contributed by atoms with van der Waals surface area (Å²) in [7, 11) is 0. The van der Waals surface area contributed by atoms with Gasteiger partial charge in [0.25, 0.3) is 0 Å². The zero-order valence-electron chi connectivity index (χ0n) is 12.9. The third-order valence-electron chi connectivity index (χ3n) is 3.62. The first-order valence-corrected chi connectivity index (χ1v) is 8.56. The number of benzene rings is 2. The molecule has 2 aromatic heterocycles. The minimum Gasteiger partial charge on any atom is -0.277 e. The molecule has 5 nitrogen and oxygen atoms in total. The van der Waals surface area contributed by atoms with Crippen LogP contribution >= 0.6 is 11.8 Å². The number of thioether (sulfide) groups is 1. The van der Waals surface area contributed by atoms with E-state index in [-0.39, 0.29) is 0 Å². The van der Waals surface area contributed by atoms with Crippen LogP contribution in [0.2, 0.25) is 0 Å². The van der Waals surface area contributed by atoms with Crippen molar-refractivity contribution >= 4 is 11.8 Å². The van der Waals surface area contributed by atoms with Gasteiger partial charge in [0.15, 0.2) is 5.16 Å². The highest BCUT2D eigenvalue weighted by Crippen LogP contribution is 2.23. The molecule has 0 fully saturated rings. The van der Waals surface area contributed by atoms with E-state index in [1.807, 2.05) is 51.8 Å². The summed E-state index contributed by atoms with van der Waals surface area (Å²) in [5, 5.41) is 13.4. The lowest BCUT2D eigenvalue weighted by Crippen LogP contribution is -1.96. The lowest BCUT2D eigenvalue weighted by atomic mass is 10.2. The second-order valence-electron chi connectivity index (χ2n) is 5.22. The molecule has 6 heteroatoms. The van der Waals surface area contributed by atoms with Gasteiger partial charge in [-0.25, -0.2) is 4.68 Å². The summed E-state index contributed by atoms with van der Waals surface area (Å²) >= 11 is 1.67. The molecule has 118 valence electrons. The zero-order chi connectivity index (χ0) is 16.2. The number of para-hydroxylation sites is 1. The van der Waals surface area contributed by atoms with Crippen LogP contribution in [0.25, 0.3) is 11.4 Å². The largest absolute Gasteiger partial charge is 0.277 e. The zero-order valence-corrected chi connectivity index (χ0v) is 13.7. The lowest BCUT2D eigenvalue weighted by molar-refractivity contribution is 0.879. The summed E-state index contributed by atoms with van der Waals surface area (Å²) in [6.07, 6.45) is 5.46. The number of nitrogens with zero attached hydrogens (tertiary/aromatic N) is 5. The van der Waals surface area contributed by atoms with Gasteiger partial charge < -0.3 is 0 Å². The maximum atomic E-state index is 4.24. The Hall–Kier alpha value is -2.86. The van der Waals surface area contributed by atoms with Crippen molar-refractivity contribution in [2.75, 3.05) is 0 Å². The quantitative estimate of drug-likeness (QED) is 0.522. The van der Waals surface area contributed by atoms with Crippen molar-refractivity contribution in [2.45, 2.75) is 10.9 Å². The molecule has 0 saturated carbocycles. The van der Waals surface area contributed by atoms with Gasteiger partial charge >= 0.3 is 0 Å². The first-order chi connectivity index (χ1) is 11.9. The molecule has 0 atom stereocenters. The van der Waals surface area contributed by atoms with Crippen molar-refractivity contribution in [3.8, 4) is 11.4 Å². The van der Waals surface area contributed by atoms with E-state index in [1.54, 1.807) is 24.3 Å². The van der Waals surface area contributed by atoms with Crippen LogP contribution in [0.5, 0.6) is 0 Å². The van der Waals surface area contributed by atoms with Crippen LogP contribution in [-0.4, -0.2) is 24.5 Å². The van der Waals surface area contributed by atoms with Crippen LogP contribution in [0.3, 0.4) is 0 Å². The van der Waals surface area contributed by atoms with E-state index >= 15 is 0 Å². The first kappa shape index (κ1) is 14.7. The minimum absolute atomic E-state index is 0.838. The normalized spacial score (nSPS) is 10.8. The topological polar surface area (TPSA) is 48.5 Å². The van der Waals surface area contributed by atoms with E-state index in [0.29, 0.717) is 0 Å². The summed E-state index contributed by atoms with van der Waals surface area (Å²) in [5.74, 6) is 0.838. The van der Waals surface area contributed by atoms with Gasteiger partial charge in [-0.1, -0.05) is 42.1 Å². The third kappa shape index (κ3) is 3.09. The average Bonchev–Trinajstić information content (AvgIpc) is 3.33. The summed E-state index contributed by atoms with van der Waals surface area (Å²) in [4.78, 5) is 0. The summed E-state index contributed by atoms with van der Waals surface area (Å²) in [5.41, 5.74) is 3.36. The first-order valence-electron chi connectivity index (χ1n) is 7.57. The highest BCUT2D eigenvalue weighted by atomic mass is 32.2. The lowest BCUT2D eigenvalue weighted by Gasteiger charge is -2.07. The van der Waals surface area contributed by atoms with Crippen LogP contribution in [0.1, 0.15) is 5.56 Å². The predicted octanol–water partition coefficient (Wildman–Crippen LogP) is 3.75. The molecule has 0 aliphatic heterocycles. The van der Waals surface area contributed by atoms with Crippen LogP contribution in [-0.2, 0) is 5.75 Å². The highest BCUT2D eigenvalue weighted by Gasteiger charge is 2.07. The van der Waals surface area contributed by atoms with Gasteiger partial charge in [-0.3, -0.25) is 4.57 Å². The molecule has 2 aromatic carbocycles. The fourth-order valence-electron chi connectivity index (χ4n) is 2.40. The predicted molar refractivity (Wildman–Crippen MR) is 94.5 cm³/mol. The maximum absolute atomic E-state index is 4.24. The van der Waals surface area contributed by atoms with Gasteiger partial charge in [-0.2, -0.15) is 5.10 Å². The monoisotopic (exact) mass is 333 g/mol. The Morgan fingerprint density at radius 2 is 1.71 bits per heavy atom. The molecule has 0 saturated heterocycles. The standard InChI is InChI=1S/C18H15N5S/c1-2-5-16(6-3-1)22-14-19-21-18(22)24-13-15-7-9-17(10-8-15)23-12-4-11-20-23/h1-12,14H,13H2. The molecule has 0 bridgehead atoms. The van der Waals surface area contributed by atoms with Crippen molar-refractivity contribution in [3.63, 3.8) is 0 Å². The SMILES string of the molecule is c1ccc(-n2cnnc2SCc2ccc(-n3cccn3)cc2)cc1. The Kier molecular flexibility index (Phi) is 4.12. The molecule has 0 N–H and O–H groups in total. The van der Waals surface area contributed by atoms with Gasteiger partial charge in [0.2, 0.25) is 0 Å². The van der Waals surface area contributed by atoms with E-state index in [4.69, 9.17) is 0 Å². The Balaban J connectivity index is 1.47. The highest BCUT2D eigenvalue weighted by molar-refractivity contribution is 7.98. The molecule has 0 aliphatic rings. The fourth-order valence-corrected chi connectivity index (χ4v) is 3.29. The van der Waals surface area contributed by atoms with Gasteiger partial charge in [-0.05, 0) is 35.9 Å². The Labute approximate surface area is 144 Å². The maximum Gasteiger partial charge on any atom is 0.195 e. The third-order valence-corrected chi connectivity index (χ3v) is 4.64. The van der Waals surface area contributed by atoms with Crippen LogP contribution < -0.4 is 0 Å². The van der Waals surface area contributed by atoms with Crippen molar-refractivity contribution in [1.29, 1.82) is 0 Å². The van der Waals surface area contributed by atoms with E-state index < -0.39 is 0 Å². The molecule has 0 radical (unpaired) electrons. The second-order valence-corrected chi connectivity index (χ2v) is 6.17. The van der Waals surface area contributed by atoms with E-state index in [1.165, 1.54) is 5.56 Å². The number of hydrogen-bond acceptors (Lipinski definition) is 4. The molecular formula is C18H15N5S. The molecular weight excluding hydrogens is 318 g/mol. The van der Waals surface area contributed by atoms with E-state index in [2.05, 4.69) is 39.6 Å². The molecule has 24 heavy (non-hydrogen) atoms. The fraction of sp³-hybridized carbons (Fsp3) is 0.0556. The molecule has 0 spiro atoms. The molecule has 4 rings (SSSR count). The Morgan fingerprint density at radius 1 is 0.875 bits per heavy atom. The van der Waals surface area contributed by atoms with Crippen molar-refractivity contribution in [3.05, 3.63) is 84.9 Å². The van der Waals surface area contributed by atoms with Gasteiger partial charge in [0.1, 0.15) is 6.33 Å². The molecule has 0 unspecified atom stereocenters. The summed E-state index contributed by atoms with van der Waals surface area (Å²) in [6, 6.07) is 20.4. The number of rotatable bonds is 5. The average molecular weight is 333 g/mol. The van der Waals surface area contributed by atoms with Crippen molar-refractivity contribution < 1.29 is 0 Å². The summed E-state index contributed by atoms with van der Waals surface area (Å²) < 4.78 is 3.85. The number of hydrogen-bond donors (Lipinski definition) is 0. The van der Waals surface area contributed by atoms with E-state index in [9.17, 15) is 0 Å². The second kappa shape index (κ2) is 6.72. The molecule has 4 aromatic rings. The molecule has 0 amide bonds. The van der Waals surface area contributed by atoms with Crippen LogP contribution in [0.15, 0.2) is 84.5 Å². The van der Waals surface area contributed by atoms with Gasteiger partial charge in [0.05, 0.1) is 5.69 Å². The Bertz CT molecular complexity index is 898. The van der Waals surface area contributed by atoms with Crippen molar-refractivity contribution in [2.24, 2.45) is 0 Å². The van der Waals surface area contributed by atoms with Crippen LogP contribution in [0, 0.1) is 0 Å². The number of aromatic nitrogens is 5. The Morgan fingerprint density at radius 3 is 2.46 bits per heavy atom. The van der Waals surface area contributed by atoms with E-state index in [0.717, 1.165) is 22.3 Å². The van der Waals surface area contributed by atoms with Gasteiger partial charge in [0, 0.05) is 23.8 Å². The van der Waals surface area contributed by atoms with Crippen molar-refractivity contribution in [1.82, 2.24) is 24.5 Å². The minimum atomic E-state index is 0.838. The van der Waals surface area contributed by atoms with Crippen LogP contribution in [0.4, 0.5) is 0 Å². The molecule has 0 aliphatic carbocycles. The molecule has 2 heterocycles. The van der Waals surface area contributed by atoms with Gasteiger partial charge in [-0.15, -0.1) is 10.2 Å².